The first-order chi connectivity index (χ1) is 9.19. The maximum atomic E-state index is 8.95. The lowest BCUT2D eigenvalue weighted by Crippen LogP contribution is -2.21. The van der Waals surface area contributed by atoms with E-state index in [0.717, 1.165) is 17.7 Å². The zero-order chi connectivity index (χ0) is 13.7. The minimum Gasteiger partial charge on any atom is -0.310 e. The van der Waals surface area contributed by atoms with Gasteiger partial charge in [-0.25, -0.2) is 0 Å². The summed E-state index contributed by atoms with van der Waals surface area (Å²) in [5, 5.41) is 12.4. The fourth-order valence-corrected chi connectivity index (χ4v) is 1.95. The van der Waals surface area contributed by atoms with E-state index >= 15 is 0 Å². The Balaban J connectivity index is 2.25. The molecule has 0 spiro atoms. The summed E-state index contributed by atoms with van der Waals surface area (Å²) < 4.78 is 0. The molecule has 1 N–H and O–H groups in total. The second-order valence-electron chi connectivity index (χ2n) is 4.93. The molecule has 96 valence electrons. The fraction of sp³-hybridized carbons (Fsp3) is 0.235. The lowest BCUT2D eigenvalue weighted by Gasteiger charge is -2.09. The molecule has 0 radical (unpaired) electrons. The average Bonchev–Trinajstić information content (AvgIpc) is 2.45. The molecule has 0 amide bonds. The third-order valence-corrected chi connectivity index (χ3v) is 2.97. The molecular weight excluding hydrogens is 232 g/mol. The molecule has 0 saturated heterocycles. The van der Waals surface area contributed by atoms with Gasteiger partial charge in [-0.15, -0.1) is 0 Å². The van der Waals surface area contributed by atoms with Crippen molar-refractivity contribution in [2.45, 2.75) is 26.4 Å². The Morgan fingerprint density at radius 3 is 2.42 bits per heavy atom. The summed E-state index contributed by atoms with van der Waals surface area (Å²) in [7, 11) is 0. The molecule has 0 aliphatic heterocycles. The molecule has 0 fully saturated rings. The van der Waals surface area contributed by atoms with Crippen LogP contribution in [0.5, 0.6) is 0 Å². The van der Waals surface area contributed by atoms with Crippen molar-refractivity contribution in [1.82, 2.24) is 5.32 Å². The Morgan fingerprint density at radius 1 is 1.05 bits per heavy atom. The van der Waals surface area contributed by atoms with Crippen LogP contribution in [0.1, 0.15) is 25.0 Å². The summed E-state index contributed by atoms with van der Waals surface area (Å²) in [6, 6.07) is 18.8. The van der Waals surface area contributed by atoms with E-state index in [-0.39, 0.29) is 0 Å². The quantitative estimate of drug-likeness (QED) is 0.897. The number of hydrogen-bond donors (Lipinski definition) is 1. The first kappa shape index (κ1) is 13.3. The zero-order valence-corrected chi connectivity index (χ0v) is 11.4. The molecule has 2 nitrogen and oxygen atoms in total. The highest BCUT2D eigenvalue weighted by Gasteiger charge is 2.01. The smallest absolute Gasteiger partial charge is 0.0991 e. The molecule has 2 aromatic carbocycles. The van der Waals surface area contributed by atoms with Crippen molar-refractivity contribution in [3.63, 3.8) is 0 Å². The monoisotopic (exact) mass is 250 g/mol. The van der Waals surface area contributed by atoms with E-state index in [4.69, 9.17) is 5.26 Å². The molecule has 0 heterocycles. The van der Waals surface area contributed by atoms with Gasteiger partial charge in [-0.05, 0) is 34.9 Å². The van der Waals surface area contributed by atoms with Crippen molar-refractivity contribution in [3.8, 4) is 17.2 Å². The predicted octanol–water partition coefficient (Wildman–Crippen LogP) is 3.72. The van der Waals surface area contributed by atoms with Crippen LogP contribution in [0.25, 0.3) is 11.1 Å². The molecule has 2 aromatic rings. The number of rotatable bonds is 4. The van der Waals surface area contributed by atoms with Gasteiger partial charge >= 0.3 is 0 Å². The molecule has 19 heavy (non-hydrogen) atoms. The van der Waals surface area contributed by atoms with E-state index in [2.05, 4.69) is 49.5 Å². The second-order valence-corrected chi connectivity index (χ2v) is 4.93. The van der Waals surface area contributed by atoms with Crippen molar-refractivity contribution in [1.29, 1.82) is 5.26 Å². The molecule has 0 aliphatic carbocycles. The van der Waals surface area contributed by atoms with Gasteiger partial charge in [0.05, 0.1) is 11.6 Å². The minimum atomic E-state index is 0.477. The standard InChI is InChI=1S/C17H18N2/c1-13(2)19-12-15-6-4-8-17(10-15)16-7-3-5-14(9-16)11-18/h3-10,13,19H,12H2,1-2H3. The number of nitriles is 1. The maximum Gasteiger partial charge on any atom is 0.0991 e. The molecular formula is C17H18N2. The van der Waals surface area contributed by atoms with Crippen LogP contribution in [0.2, 0.25) is 0 Å². The highest BCUT2D eigenvalue weighted by atomic mass is 14.9. The average molecular weight is 250 g/mol. The molecule has 2 heteroatoms. The summed E-state index contributed by atoms with van der Waals surface area (Å²) in [5.74, 6) is 0. The Hall–Kier alpha value is -2.11. The number of hydrogen-bond acceptors (Lipinski definition) is 2. The number of benzene rings is 2. The molecule has 0 aliphatic rings. The van der Waals surface area contributed by atoms with Gasteiger partial charge < -0.3 is 5.32 Å². The van der Waals surface area contributed by atoms with E-state index in [0.29, 0.717) is 11.6 Å². The van der Waals surface area contributed by atoms with Crippen LogP contribution in [0.3, 0.4) is 0 Å². The van der Waals surface area contributed by atoms with Gasteiger partial charge in [0.25, 0.3) is 0 Å². The Labute approximate surface area is 114 Å². The Morgan fingerprint density at radius 2 is 1.74 bits per heavy atom. The summed E-state index contributed by atoms with van der Waals surface area (Å²) in [4.78, 5) is 0. The van der Waals surface area contributed by atoms with Crippen molar-refractivity contribution in [2.24, 2.45) is 0 Å². The zero-order valence-electron chi connectivity index (χ0n) is 11.4. The van der Waals surface area contributed by atoms with E-state index < -0.39 is 0 Å². The van der Waals surface area contributed by atoms with Crippen molar-refractivity contribution >= 4 is 0 Å². The fourth-order valence-electron chi connectivity index (χ4n) is 1.95. The third-order valence-electron chi connectivity index (χ3n) is 2.97. The van der Waals surface area contributed by atoms with Gasteiger partial charge in [0.15, 0.2) is 0 Å². The van der Waals surface area contributed by atoms with Gasteiger partial charge in [-0.1, -0.05) is 44.2 Å². The molecule has 0 saturated carbocycles. The minimum absolute atomic E-state index is 0.477. The lowest BCUT2D eigenvalue weighted by molar-refractivity contribution is 0.589. The molecule has 2 rings (SSSR count). The van der Waals surface area contributed by atoms with Gasteiger partial charge in [0.1, 0.15) is 0 Å². The molecule has 0 atom stereocenters. The Kier molecular flexibility index (Phi) is 4.33. The van der Waals surface area contributed by atoms with E-state index in [1.54, 1.807) is 0 Å². The van der Waals surface area contributed by atoms with Crippen LogP contribution in [0, 0.1) is 11.3 Å². The summed E-state index contributed by atoms with van der Waals surface area (Å²) in [6.45, 7) is 5.14. The van der Waals surface area contributed by atoms with E-state index in [1.165, 1.54) is 5.56 Å². The van der Waals surface area contributed by atoms with Crippen LogP contribution >= 0.6 is 0 Å². The first-order valence-corrected chi connectivity index (χ1v) is 6.52. The van der Waals surface area contributed by atoms with Gasteiger partial charge in [0.2, 0.25) is 0 Å². The third kappa shape index (κ3) is 3.67. The van der Waals surface area contributed by atoms with Crippen LogP contribution in [0.4, 0.5) is 0 Å². The van der Waals surface area contributed by atoms with Crippen LogP contribution in [-0.4, -0.2) is 6.04 Å². The summed E-state index contributed by atoms with van der Waals surface area (Å²) in [5.41, 5.74) is 4.20. The topological polar surface area (TPSA) is 35.8 Å². The van der Waals surface area contributed by atoms with Crippen molar-refractivity contribution < 1.29 is 0 Å². The van der Waals surface area contributed by atoms with E-state index in [1.807, 2.05) is 24.3 Å². The van der Waals surface area contributed by atoms with Crippen molar-refractivity contribution in [3.05, 3.63) is 59.7 Å². The second kappa shape index (κ2) is 6.17. The SMILES string of the molecule is CC(C)NCc1cccc(-c2cccc(C#N)c2)c1. The molecule has 0 aromatic heterocycles. The van der Waals surface area contributed by atoms with Crippen LogP contribution in [-0.2, 0) is 6.54 Å². The lowest BCUT2D eigenvalue weighted by atomic mass is 10.0. The summed E-state index contributed by atoms with van der Waals surface area (Å²) in [6.07, 6.45) is 0. The highest BCUT2D eigenvalue weighted by molar-refractivity contribution is 5.65. The largest absolute Gasteiger partial charge is 0.310 e. The van der Waals surface area contributed by atoms with Gasteiger partial charge in [-0.2, -0.15) is 5.26 Å². The predicted molar refractivity (Wildman–Crippen MR) is 78.6 cm³/mol. The normalized spacial score (nSPS) is 10.4. The summed E-state index contributed by atoms with van der Waals surface area (Å²) >= 11 is 0. The van der Waals surface area contributed by atoms with Crippen molar-refractivity contribution in [2.75, 3.05) is 0 Å². The van der Waals surface area contributed by atoms with Crippen LogP contribution in [0.15, 0.2) is 48.5 Å². The highest BCUT2D eigenvalue weighted by Crippen LogP contribution is 2.21. The van der Waals surface area contributed by atoms with Gasteiger partial charge in [0, 0.05) is 12.6 Å². The van der Waals surface area contributed by atoms with Crippen LogP contribution < -0.4 is 5.32 Å². The van der Waals surface area contributed by atoms with Gasteiger partial charge in [-0.3, -0.25) is 0 Å². The molecule has 0 unspecified atom stereocenters. The first-order valence-electron chi connectivity index (χ1n) is 6.52. The molecule has 0 bridgehead atoms. The maximum absolute atomic E-state index is 8.95. The Bertz CT molecular complexity index is 594. The number of nitrogens with one attached hydrogen (secondary N) is 1. The number of nitrogens with zero attached hydrogens (tertiary/aromatic N) is 1. The van der Waals surface area contributed by atoms with E-state index in [9.17, 15) is 0 Å².